The van der Waals surface area contributed by atoms with Gasteiger partial charge in [0, 0.05) is 55.6 Å². The fourth-order valence-corrected chi connectivity index (χ4v) is 15.5. The molecule has 7 aromatic rings. The molecular formula is C63H70BN3. The lowest BCUT2D eigenvalue weighted by atomic mass is 9.33. The van der Waals surface area contributed by atoms with Gasteiger partial charge in [0.1, 0.15) is 0 Å². The molecule has 4 aliphatic heterocycles. The molecule has 2 saturated carbocycles. The van der Waals surface area contributed by atoms with Crippen molar-refractivity contribution in [2.24, 2.45) is 0 Å². The molecule has 4 atom stereocenters. The fraction of sp³-hybridized carbons (Fsp3) is 0.429. The minimum absolute atomic E-state index is 0.0142. The van der Waals surface area contributed by atoms with E-state index in [-0.39, 0.29) is 44.9 Å². The Kier molecular flexibility index (Phi) is 8.20. The van der Waals surface area contributed by atoms with Crippen molar-refractivity contribution in [1.82, 2.24) is 4.57 Å². The van der Waals surface area contributed by atoms with Gasteiger partial charge >= 0.3 is 0 Å². The summed E-state index contributed by atoms with van der Waals surface area (Å²) >= 11 is 0. The van der Waals surface area contributed by atoms with Crippen LogP contribution in [-0.4, -0.2) is 22.4 Å². The summed E-state index contributed by atoms with van der Waals surface area (Å²) in [6, 6.07) is 44.8. The molecule has 2 fully saturated rings. The molecule has 13 rings (SSSR count). The minimum Gasteiger partial charge on any atom is -0.335 e. The van der Waals surface area contributed by atoms with Crippen LogP contribution in [0.15, 0.2) is 109 Å². The molecule has 6 aliphatic rings. The maximum absolute atomic E-state index is 2.95. The highest BCUT2D eigenvalue weighted by Gasteiger charge is 2.64. The molecule has 4 unspecified atom stereocenters. The van der Waals surface area contributed by atoms with Crippen LogP contribution in [0.2, 0.25) is 0 Å². The Hall–Kier alpha value is -5.22. The number of benzene rings is 6. The van der Waals surface area contributed by atoms with Crippen LogP contribution < -0.4 is 26.2 Å². The topological polar surface area (TPSA) is 11.4 Å². The Morgan fingerprint density at radius 1 is 0.493 bits per heavy atom. The Bertz CT molecular complexity index is 3280. The third-order valence-electron chi connectivity index (χ3n) is 19.3. The first kappa shape index (κ1) is 41.9. The van der Waals surface area contributed by atoms with Crippen LogP contribution in [0.1, 0.15) is 168 Å². The number of hydrogen-bond donors (Lipinski definition) is 0. The van der Waals surface area contributed by atoms with E-state index in [1.165, 1.54) is 133 Å². The smallest absolute Gasteiger partial charge is 0.252 e. The van der Waals surface area contributed by atoms with Gasteiger partial charge in [-0.1, -0.05) is 168 Å². The molecule has 0 bridgehead atoms. The van der Waals surface area contributed by atoms with Gasteiger partial charge in [0.15, 0.2) is 0 Å². The van der Waals surface area contributed by atoms with Gasteiger partial charge in [0.05, 0.1) is 16.6 Å². The van der Waals surface area contributed by atoms with Gasteiger partial charge in [0.25, 0.3) is 6.71 Å². The summed E-state index contributed by atoms with van der Waals surface area (Å²) in [6.07, 6.45) is 9.70. The number of aromatic nitrogens is 1. The lowest BCUT2D eigenvalue weighted by Gasteiger charge is -2.54. The van der Waals surface area contributed by atoms with Crippen molar-refractivity contribution in [2.45, 2.75) is 173 Å². The van der Waals surface area contributed by atoms with Crippen molar-refractivity contribution in [2.75, 3.05) is 9.80 Å². The lowest BCUT2D eigenvalue weighted by molar-refractivity contribution is 0.195. The molecule has 67 heavy (non-hydrogen) atoms. The highest BCUT2D eigenvalue weighted by Crippen LogP contribution is 2.66. The van der Waals surface area contributed by atoms with Crippen molar-refractivity contribution < 1.29 is 0 Å². The first-order chi connectivity index (χ1) is 31.7. The van der Waals surface area contributed by atoms with E-state index in [4.69, 9.17) is 0 Å². The SMILES string of the molecule is CC(C)(C)c1ccc2c(c1)C1(c3ccccc3)CCCCC1(C)N2c1cc2c3c(c1)-n1c4ccc(C(C)(C)C)cc4c4cc(C(C)(C)C)cc(c41)B3c1cccc3c1N2C1(C)CCCCC31C. The first-order valence-corrected chi connectivity index (χ1v) is 26.0. The van der Waals surface area contributed by atoms with E-state index in [0.29, 0.717) is 0 Å². The quantitative estimate of drug-likeness (QED) is 0.160. The van der Waals surface area contributed by atoms with Crippen LogP contribution in [0.5, 0.6) is 0 Å². The van der Waals surface area contributed by atoms with Crippen LogP contribution in [-0.2, 0) is 27.1 Å². The lowest BCUT2D eigenvalue weighted by Crippen LogP contribution is -2.64. The molecule has 0 amide bonds. The van der Waals surface area contributed by atoms with Gasteiger partial charge in [0.2, 0.25) is 0 Å². The van der Waals surface area contributed by atoms with Crippen LogP contribution in [0.25, 0.3) is 27.5 Å². The maximum atomic E-state index is 2.95. The van der Waals surface area contributed by atoms with E-state index < -0.39 is 0 Å². The monoisotopic (exact) mass is 880 g/mol. The number of rotatable bonds is 2. The fourth-order valence-electron chi connectivity index (χ4n) is 15.5. The average molecular weight is 880 g/mol. The van der Waals surface area contributed by atoms with E-state index in [1.54, 1.807) is 5.56 Å². The van der Waals surface area contributed by atoms with Gasteiger partial charge in [-0.25, -0.2) is 0 Å². The predicted octanol–water partition coefficient (Wildman–Crippen LogP) is 14.3. The standard InChI is InChI=1S/C63H70BN3/c1-57(2,3)40-25-27-50-44(33-40)45-34-42(59(7,8)9)36-49-55(45)65(50)52-37-43(38-53-54(52)64(49)48-24-20-23-46-56(48)67(53)61(11)30-17-16-29-60(46,61)10)66-51-28-26-41(58(4,5)6)35-47(51)63(39-21-14-13-15-22-39)32-19-18-31-62(63,66)12/h13-15,20-28,33-38H,16-19,29-32H2,1-12H3. The van der Waals surface area contributed by atoms with Crippen LogP contribution in [0.4, 0.5) is 22.7 Å². The number of para-hydroxylation sites is 1. The molecule has 5 heterocycles. The van der Waals surface area contributed by atoms with E-state index in [1.807, 2.05) is 0 Å². The second-order valence-corrected chi connectivity index (χ2v) is 25.8. The summed E-state index contributed by atoms with van der Waals surface area (Å²) < 4.78 is 2.75. The van der Waals surface area contributed by atoms with Crippen molar-refractivity contribution in [1.29, 1.82) is 0 Å². The minimum atomic E-state index is -0.193. The van der Waals surface area contributed by atoms with E-state index in [0.717, 1.165) is 12.8 Å². The summed E-state index contributed by atoms with van der Waals surface area (Å²) in [5.41, 5.74) is 22.7. The third kappa shape index (κ3) is 5.11. The molecule has 2 aliphatic carbocycles. The Labute approximate surface area is 401 Å². The van der Waals surface area contributed by atoms with Crippen LogP contribution >= 0.6 is 0 Å². The van der Waals surface area contributed by atoms with Crippen LogP contribution in [0.3, 0.4) is 0 Å². The van der Waals surface area contributed by atoms with Crippen molar-refractivity contribution in [3.8, 4) is 5.69 Å². The Morgan fingerprint density at radius 2 is 1.13 bits per heavy atom. The molecule has 0 radical (unpaired) electrons. The van der Waals surface area contributed by atoms with Crippen LogP contribution in [0, 0.1) is 0 Å². The van der Waals surface area contributed by atoms with Gasteiger partial charge in [-0.2, -0.15) is 0 Å². The number of nitrogens with zero attached hydrogens (tertiary/aromatic N) is 3. The largest absolute Gasteiger partial charge is 0.335 e. The van der Waals surface area contributed by atoms with Gasteiger partial charge < -0.3 is 14.4 Å². The molecule has 0 N–H and O–H groups in total. The summed E-state index contributed by atoms with van der Waals surface area (Å²) in [4.78, 5) is 5.84. The molecule has 3 nitrogen and oxygen atoms in total. The van der Waals surface area contributed by atoms with Gasteiger partial charge in [-0.3, -0.25) is 0 Å². The molecule has 0 saturated heterocycles. The zero-order chi connectivity index (χ0) is 46.6. The number of hydrogen-bond acceptors (Lipinski definition) is 2. The first-order valence-electron chi connectivity index (χ1n) is 26.0. The average Bonchev–Trinajstić information content (AvgIpc) is 3.83. The van der Waals surface area contributed by atoms with Crippen molar-refractivity contribution in [3.63, 3.8) is 0 Å². The van der Waals surface area contributed by atoms with Gasteiger partial charge in [-0.05, 0) is 142 Å². The number of anilines is 4. The summed E-state index contributed by atoms with van der Waals surface area (Å²) in [7, 11) is 0. The maximum Gasteiger partial charge on any atom is 0.252 e. The number of fused-ring (bicyclic) bond motifs is 13. The third-order valence-corrected chi connectivity index (χ3v) is 19.3. The highest BCUT2D eigenvalue weighted by atomic mass is 15.3. The Morgan fingerprint density at radius 3 is 1.87 bits per heavy atom. The molecule has 340 valence electrons. The second-order valence-electron chi connectivity index (χ2n) is 25.8. The Balaban J connectivity index is 1.19. The molecule has 4 heteroatoms. The normalized spacial score (nSPS) is 25.9. The zero-order valence-corrected chi connectivity index (χ0v) is 42.5. The van der Waals surface area contributed by atoms with E-state index in [9.17, 15) is 0 Å². The summed E-state index contributed by atoms with van der Waals surface area (Å²) in [6.45, 7) is 29.5. The van der Waals surface area contributed by atoms with Crippen molar-refractivity contribution in [3.05, 3.63) is 143 Å². The highest BCUT2D eigenvalue weighted by molar-refractivity contribution is 7.00. The predicted molar refractivity (Wildman–Crippen MR) is 287 cm³/mol. The summed E-state index contributed by atoms with van der Waals surface area (Å²) in [5, 5.41) is 2.77. The van der Waals surface area contributed by atoms with E-state index in [2.05, 4.69) is 207 Å². The summed E-state index contributed by atoms with van der Waals surface area (Å²) in [5.74, 6) is 0. The molecular weight excluding hydrogens is 810 g/mol. The molecule has 1 aromatic heterocycles. The second kappa shape index (κ2) is 13.1. The zero-order valence-electron chi connectivity index (χ0n) is 42.5. The van der Waals surface area contributed by atoms with E-state index >= 15 is 0 Å². The molecule has 0 spiro atoms. The molecule has 6 aromatic carbocycles. The van der Waals surface area contributed by atoms with Gasteiger partial charge in [-0.15, -0.1) is 0 Å². The van der Waals surface area contributed by atoms with Crippen molar-refractivity contribution >= 4 is 67.7 Å².